The minimum atomic E-state index is 0.322. The summed E-state index contributed by atoms with van der Waals surface area (Å²) in [5.41, 5.74) is 3.55. The fourth-order valence-electron chi connectivity index (χ4n) is 4.08. The van der Waals surface area contributed by atoms with E-state index in [2.05, 4.69) is 70.2 Å². The van der Waals surface area contributed by atoms with Crippen molar-refractivity contribution in [1.29, 1.82) is 0 Å². The number of amides is 1. The zero-order valence-electron chi connectivity index (χ0n) is 18.9. The summed E-state index contributed by atoms with van der Waals surface area (Å²) in [5, 5.41) is 9.97. The zero-order chi connectivity index (χ0) is 22.2. The number of carbonyl (C=O) groups excluding carboxylic acids is 1. The molecule has 5 nitrogen and oxygen atoms in total. The number of unbranched alkanes of at least 4 members (excludes halogenated alkanes) is 1. The second kappa shape index (κ2) is 11.3. The van der Waals surface area contributed by atoms with Crippen LogP contribution in [-0.4, -0.2) is 44.4 Å². The molecule has 0 spiro atoms. The topological polar surface area (TPSA) is 51.0 Å². The molecule has 0 atom stereocenters. The summed E-state index contributed by atoms with van der Waals surface area (Å²) in [6.07, 6.45) is 6.89. The number of hydrogen-bond donors (Lipinski definition) is 0. The Bertz CT molecular complexity index is 994. The van der Waals surface area contributed by atoms with Gasteiger partial charge in [0.25, 0.3) is 0 Å². The Labute approximate surface area is 195 Å². The number of thioether (sulfide) groups is 1. The molecule has 1 saturated heterocycles. The van der Waals surface area contributed by atoms with Crippen LogP contribution >= 0.6 is 11.8 Å². The Kier molecular flexibility index (Phi) is 7.99. The smallest absolute Gasteiger partial charge is 0.222 e. The Morgan fingerprint density at radius 1 is 0.938 bits per heavy atom. The van der Waals surface area contributed by atoms with E-state index >= 15 is 0 Å². The molecule has 0 N–H and O–H groups in total. The van der Waals surface area contributed by atoms with E-state index in [1.165, 1.54) is 17.5 Å². The van der Waals surface area contributed by atoms with Gasteiger partial charge in [0.1, 0.15) is 5.82 Å². The van der Waals surface area contributed by atoms with Crippen LogP contribution in [0.5, 0.6) is 0 Å². The lowest BCUT2D eigenvalue weighted by Gasteiger charge is -2.26. The van der Waals surface area contributed by atoms with Crippen molar-refractivity contribution in [3.05, 3.63) is 71.5 Å². The largest absolute Gasteiger partial charge is 0.343 e. The molecule has 0 saturated carbocycles. The van der Waals surface area contributed by atoms with Crippen molar-refractivity contribution in [3.63, 3.8) is 0 Å². The van der Waals surface area contributed by atoms with Crippen molar-refractivity contribution in [1.82, 2.24) is 19.7 Å². The van der Waals surface area contributed by atoms with E-state index in [0.29, 0.717) is 12.3 Å². The summed E-state index contributed by atoms with van der Waals surface area (Å²) in [6, 6.07) is 18.9. The van der Waals surface area contributed by atoms with E-state index in [1.807, 2.05) is 11.0 Å². The first-order valence-electron chi connectivity index (χ1n) is 11.7. The lowest BCUT2D eigenvalue weighted by Crippen LogP contribution is -2.35. The van der Waals surface area contributed by atoms with E-state index in [1.54, 1.807) is 11.8 Å². The fourth-order valence-corrected chi connectivity index (χ4v) is 5.05. The van der Waals surface area contributed by atoms with E-state index < -0.39 is 0 Å². The molecule has 0 bridgehead atoms. The lowest BCUT2D eigenvalue weighted by atomic mass is 10.1. The van der Waals surface area contributed by atoms with Crippen LogP contribution < -0.4 is 0 Å². The predicted molar refractivity (Wildman–Crippen MR) is 130 cm³/mol. The van der Waals surface area contributed by atoms with Crippen molar-refractivity contribution in [2.24, 2.45) is 0 Å². The molecule has 0 unspecified atom stereocenters. The summed E-state index contributed by atoms with van der Waals surface area (Å²) in [4.78, 5) is 14.4. The number of aryl methyl sites for hydroxylation is 1. The number of carbonyl (C=O) groups is 1. The van der Waals surface area contributed by atoms with Gasteiger partial charge >= 0.3 is 0 Å². The van der Waals surface area contributed by atoms with Crippen molar-refractivity contribution >= 4 is 17.7 Å². The summed E-state index contributed by atoms with van der Waals surface area (Å²) >= 11 is 1.73. The second-order valence-corrected chi connectivity index (χ2v) is 9.54. The standard InChI is InChI=1S/C26H32N4OS/c1-21-13-15-23(16-14-21)30-24(20-22-10-4-2-5-11-22)27-28-26(30)32-19-9-6-12-25(31)29-17-7-3-8-18-29/h2,4-5,10-11,13-16H,3,6-9,12,17-20H2,1H3. The Morgan fingerprint density at radius 3 is 2.44 bits per heavy atom. The summed E-state index contributed by atoms with van der Waals surface area (Å²) in [6.45, 7) is 3.98. The van der Waals surface area contributed by atoms with Crippen LogP contribution in [0.25, 0.3) is 5.69 Å². The molecular formula is C26H32N4OS. The highest BCUT2D eigenvalue weighted by molar-refractivity contribution is 7.99. The van der Waals surface area contributed by atoms with Gasteiger partial charge in [-0.3, -0.25) is 9.36 Å². The van der Waals surface area contributed by atoms with Crippen LogP contribution in [0.3, 0.4) is 0 Å². The van der Waals surface area contributed by atoms with Crippen molar-refractivity contribution in [3.8, 4) is 5.69 Å². The average molecular weight is 449 g/mol. The van der Waals surface area contributed by atoms with Gasteiger partial charge in [0, 0.05) is 37.4 Å². The quantitative estimate of drug-likeness (QED) is 0.323. The SMILES string of the molecule is Cc1ccc(-n2c(Cc3ccccc3)nnc2SCCCCC(=O)N2CCCCC2)cc1. The van der Waals surface area contributed by atoms with Gasteiger partial charge in [-0.15, -0.1) is 10.2 Å². The third kappa shape index (κ3) is 6.00. The van der Waals surface area contributed by atoms with Gasteiger partial charge < -0.3 is 4.90 Å². The third-order valence-corrected chi connectivity index (χ3v) is 6.94. The summed E-state index contributed by atoms with van der Waals surface area (Å²) < 4.78 is 2.18. The molecule has 1 aromatic heterocycles. The van der Waals surface area contributed by atoms with Gasteiger partial charge in [-0.05, 0) is 56.7 Å². The highest BCUT2D eigenvalue weighted by atomic mass is 32.2. The van der Waals surface area contributed by atoms with E-state index in [9.17, 15) is 4.79 Å². The molecule has 1 aliphatic rings. The van der Waals surface area contributed by atoms with Crippen molar-refractivity contribution in [2.75, 3.05) is 18.8 Å². The molecule has 1 fully saturated rings. The number of aromatic nitrogens is 3. The van der Waals surface area contributed by atoms with Crippen LogP contribution in [0, 0.1) is 6.92 Å². The van der Waals surface area contributed by atoms with Crippen LogP contribution in [-0.2, 0) is 11.2 Å². The Hall–Kier alpha value is -2.60. The molecule has 1 aliphatic heterocycles. The van der Waals surface area contributed by atoms with Crippen LogP contribution in [0.2, 0.25) is 0 Å². The Balaban J connectivity index is 1.38. The van der Waals surface area contributed by atoms with Crippen molar-refractivity contribution < 1.29 is 4.79 Å². The predicted octanol–water partition coefficient (Wildman–Crippen LogP) is 5.44. The van der Waals surface area contributed by atoms with Crippen molar-refractivity contribution in [2.45, 2.75) is 57.0 Å². The van der Waals surface area contributed by atoms with Crippen LogP contribution in [0.4, 0.5) is 0 Å². The van der Waals surface area contributed by atoms with Gasteiger partial charge in [0.05, 0.1) is 0 Å². The molecule has 2 aromatic carbocycles. The summed E-state index contributed by atoms with van der Waals surface area (Å²) in [7, 11) is 0. The monoisotopic (exact) mass is 448 g/mol. The molecular weight excluding hydrogens is 416 g/mol. The number of nitrogens with zero attached hydrogens (tertiary/aromatic N) is 4. The van der Waals surface area contributed by atoms with Crippen LogP contribution in [0.15, 0.2) is 59.8 Å². The fraction of sp³-hybridized carbons (Fsp3) is 0.423. The van der Waals surface area contributed by atoms with E-state index in [4.69, 9.17) is 0 Å². The molecule has 0 aliphatic carbocycles. The molecule has 4 rings (SSSR count). The first kappa shape index (κ1) is 22.6. The normalized spacial score (nSPS) is 14.0. The summed E-state index contributed by atoms with van der Waals surface area (Å²) in [5.74, 6) is 2.20. The minimum absolute atomic E-state index is 0.322. The third-order valence-electron chi connectivity index (χ3n) is 5.92. The maximum absolute atomic E-state index is 12.4. The minimum Gasteiger partial charge on any atom is -0.343 e. The van der Waals surface area contributed by atoms with Crippen LogP contribution in [0.1, 0.15) is 55.5 Å². The van der Waals surface area contributed by atoms with E-state index in [-0.39, 0.29) is 0 Å². The maximum atomic E-state index is 12.4. The lowest BCUT2D eigenvalue weighted by molar-refractivity contribution is -0.132. The number of benzene rings is 2. The second-order valence-electron chi connectivity index (χ2n) is 8.48. The number of piperidine rings is 1. The molecule has 1 amide bonds. The van der Waals surface area contributed by atoms with Gasteiger partial charge in [0.15, 0.2) is 5.16 Å². The molecule has 0 radical (unpaired) electrons. The molecule has 6 heteroatoms. The molecule has 2 heterocycles. The average Bonchev–Trinajstić information content (AvgIpc) is 3.22. The first-order chi connectivity index (χ1) is 15.7. The van der Waals surface area contributed by atoms with Gasteiger partial charge in [0.2, 0.25) is 5.91 Å². The first-order valence-corrected chi connectivity index (χ1v) is 12.6. The molecule has 3 aromatic rings. The highest BCUT2D eigenvalue weighted by Crippen LogP contribution is 2.25. The van der Waals surface area contributed by atoms with Gasteiger partial charge in [-0.2, -0.15) is 0 Å². The number of hydrogen-bond acceptors (Lipinski definition) is 4. The van der Waals surface area contributed by atoms with Gasteiger partial charge in [-0.1, -0.05) is 59.8 Å². The number of likely N-dealkylation sites (tertiary alicyclic amines) is 1. The molecule has 32 heavy (non-hydrogen) atoms. The highest BCUT2D eigenvalue weighted by Gasteiger charge is 2.17. The zero-order valence-corrected chi connectivity index (χ0v) is 19.7. The van der Waals surface area contributed by atoms with E-state index in [0.717, 1.165) is 67.6 Å². The Morgan fingerprint density at radius 2 is 1.69 bits per heavy atom. The molecule has 168 valence electrons. The maximum Gasteiger partial charge on any atom is 0.222 e. The number of rotatable bonds is 9. The van der Waals surface area contributed by atoms with Gasteiger partial charge in [-0.25, -0.2) is 0 Å².